The molecule has 0 unspecified atom stereocenters. The number of hydrogen-bond donors (Lipinski definition) is 1. The topological polar surface area (TPSA) is 75.7 Å². The summed E-state index contributed by atoms with van der Waals surface area (Å²) in [5, 5.41) is 1.89. The quantitative estimate of drug-likeness (QED) is 0.691. The third kappa shape index (κ3) is 4.81. The number of aryl methyl sites for hydroxylation is 1. The third-order valence-corrected chi connectivity index (χ3v) is 7.41. The normalized spacial score (nSPS) is 17.5. The Labute approximate surface area is 183 Å². The van der Waals surface area contributed by atoms with E-state index in [4.69, 9.17) is 16.3 Å². The Morgan fingerprint density at radius 1 is 1.23 bits per heavy atom. The van der Waals surface area contributed by atoms with Gasteiger partial charge in [-0.05, 0) is 49.6 Å². The molecule has 6 nitrogen and oxygen atoms in total. The van der Waals surface area contributed by atoms with E-state index in [0.29, 0.717) is 17.7 Å². The summed E-state index contributed by atoms with van der Waals surface area (Å²) in [5.74, 6) is -0.359. The maximum Gasteiger partial charge on any atom is 0.417 e. The molecule has 1 aliphatic rings. The molecule has 0 spiro atoms. The van der Waals surface area contributed by atoms with Crippen molar-refractivity contribution >= 4 is 33.2 Å². The highest BCUT2D eigenvalue weighted by Gasteiger charge is 2.40. The number of amides is 1. The van der Waals surface area contributed by atoms with E-state index in [2.05, 4.69) is 5.32 Å². The highest BCUT2D eigenvalue weighted by molar-refractivity contribution is 7.89. The molecule has 0 saturated carbocycles. The van der Waals surface area contributed by atoms with Crippen molar-refractivity contribution in [3.8, 4) is 5.75 Å². The molecule has 168 valence electrons. The lowest BCUT2D eigenvalue weighted by Crippen LogP contribution is -2.43. The maximum absolute atomic E-state index is 13.2. The zero-order valence-corrected chi connectivity index (χ0v) is 18.2. The van der Waals surface area contributed by atoms with E-state index in [9.17, 15) is 26.4 Å². The summed E-state index contributed by atoms with van der Waals surface area (Å²) >= 11 is 5.60. The molecule has 1 fully saturated rings. The number of ether oxygens (including phenoxy) is 1. The molecule has 0 radical (unpaired) electrons. The summed E-state index contributed by atoms with van der Waals surface area (Å²) < 4.78 is 71.9. The van der Waals surface area contributed by atoms with Gasteiger partial charge in [0.25, 0.3) is 0 Å². The number of carbonyl (C=O) groups excluding carboxylic acids is 1. The van der Waals surface area contributed by atoms with E-state index in [1.165, 1.54) is 19.2 Å². The van der Waals surface area contributed by atoms with E-state index in [1.54, 1.807) is 19.1 Å². The number of nitrogens with one attached hydrogen (secondary N) is 1. The second kappa shape index (κ2) is 8.68. The molecule has 1 amide bonds. The highest BCUT2D eigenvalue weighted by Crippen LogP contribution is 2.36. The molecule has 0 aliphatic carbocycles. The summed E-state index contributed by atoms with van der Waals surface area (Å²) in [5.41, 5.74) is -0.724. The second-order valence-electron chi connectivity index (χ2n) is 7.09. The van der Waals surface area contributed by atoms with Gasteiger partial charge in [0, 0.05) is 18.3 Å². The fraction of sp³-hybridized carbons (Fsp3) is 0.350. The number of benzene rings is 2. The van der Waals surface area contributed by atoms with Gasteiger partial charge in [-0.2, -0.15) is 17.5 Å². The Balaban J connectivity index is 1.88. The van der Waals surface area contributed by atoms with Crippen molar-refractivity contribution in [3.63, 3.8) is 0 Å². The van der Waals surface area contributed by atoms with Gasteiger partial charge in [0.15, 0.2) is 0 Å². The third-order valence-electron chi connectivity index (χ3n) is 5.03. The number of sulfonamides is 1. The molecule has 1 N–H and O–H groups in total. The number of alkyl halides is 3. The Hall–Kier alpha value is -2.30. The van der Waals surface area contributed by atoms with Crippen LogP contribution in [-0.4, -0.2) is 38.3 Å². The number of rotatable bonds is 5. The summed E-state index contributed by atoms with van der Waals surface area (Å²) in [7, 11) is -2.62. The zero-order chi connectivity index (χ0) is 23.0. The van der Waals surface area contributed by atoms with Crippen LogP contribution >= 0.6 is 11.6 Å². The standard InChI is InChI=1S/C20H20ClF3N2O4S/c1-12-5-7-14(30-2)11-18(12)31(28,29)26-9-3-4-17(26)19(27)25-13-6-8-16(21)15(10-13)20(22,23)24/h5-8,10-11,17H,3-4,9H2,1-2H3,(H,25,27)/t17-/m1/s1. The average Bonchev–Trinajstić information content (AvgIpc) is 3.20. The van der Waals surface area contributed by atoms with Crippen LogP contribution in [0.1, 0.15) is 24.0 Å². The molecular formula is C20H20ClF3N2O4S. The van der Waals surface area contributed by atoms with Crippen LogP contribution in [0.3, 0.4) is 0 Å². The Bertz CT molecular complexity index is 1110. The Morgan fingerprint density at radius 2 is 1.94 bits per heavy atom. The number of nitrogens with zero attached hydrogens (tertiary/aromatic N) is 1. The van der Waals surface area contributed by atoms with E-state index in [0.717, 1.165) is 16.4 Å². The molecule has 1 saturated heterocycles. The predicted molar refractivity (Wildman–Crippen MR) is 110 cm³/mol. The molecule has 1 aliphatic heterocycles. The van der Waals surface area contributed by atoms with Gasteiger partial charge in [0.1, 0.15) is 11.8 Å². The number of anilines is 1. The largest absolute Gasteiger partial charge is 0.497 e. The van der Waals surface area contributed by atoms with Crippen molar-refractivity contribution in [2.75, 3.05) is 19.0 Å². The Kier molecular flexibility index (Phi) is 6.54. The summed E-state index contributed by atoms with van der Waals surface area (Å²) in [4.78, 5) is 12.8. The van der Waals surface area contributed by atoms with Crippen molar-refractivity contribution < 1.29 is 31.1 Å². The van der Waals surface area contributed by atoms with Gasteiger partial charge in [-0.25, -0.2) is 8.42 Å². The van der Waals surface area contributed by atoms with Crippen molar-refractivity contribution in [2.24, 2.45) is 0 Å². The van der Waals surface area contributed by atoms with Gasteiger partial charge >= 0.3 is 6.18 Å². The SMILES string of the molecule is COc1ccc(C)c(S(=O)(=O)N2CCC[C@@H]2C(=O)Nc2ccc(Cl)c(C(F)(F)F)c2)c1. The van der Waals surface area contributed by atoms with Gasteiger partial charge in [0.2, 0.25) is 15.9 Å². The van der Waals surface area contributed by atoms with Crippen LogP contribution in [0, 0.1) is 6.92 Å². The highest BCUT2D eigenvalue weighted by atomic mass is 35.5. The fourth-order valence-corrected chi connectivity index (χ4v) is 5.57. The molecular weight excluding hydrogens is 457 g/mol. The van der Waals surface area contributed by atoms with E-state index < -0.39 is 38.7 Å². The molecule has 3 rings (SSSR count). The number of halogens is 4. The van der Waals surface area contributed by atoms with Gasteiger partial charge in [-0.3, -0.25) is 4.79 Å². The average molecular weight is 477 g/mol. The zero-order valence-electron chi connectivity index (χ0n) is 16.7. The van der Waals surface area contributed by atoms with Crippen molar-refractivity contribution in [1.29, 1.82) is 0 Å². The molecule has 31 heavy (non-hydrogen) atoms. The lowest BCUT2D eigenvalue weighted by Gasteiger charge is -2.24. The fourth-order valence-electron chi connectivity index (χ4n) is 3.45. The molecule has 11 heteroatoms. The van der Waals surface area contributed by atoms with Gasteiger partial charge in [-0.1, -0.05) is 17.7 Å². The van der Waals surface area contributed by atoms with Gasteiger partial charge in [-0.15, -0.1) is 0 Å². The van der Waals surface area contributed by atoms with Crippen LogP contribution in [0.4, 0.5) is 18.9 Å². The van der Waals surface area contributed by atoms with Crippen molar-refractivity contribution in [1.82, 2.24) is 4.31 Å². The van der Waals surface area contributed by atoms with Crippen LogP contribution < -0.4 is 10.1 Å². The first kappa shape index (κ1) is 23.4. The first-order valence-electron chi connectivity index (χ1n) is 9.29. The van der Waals surface area contributed by atoms with E-state index in [1.807, 2.05) is 0 Å². The summed E-state index contributed by atoms with van der Waals surface area (Å²) in [6.45, 7) is 1.75. The number of methoxy groups -OCH3 is 1. The molecule has 1 atom stereocenters. The number of hydrogen-bond acceptors (Lipinski definition) is 4. The van der Waals surface area contributed by atoms with Crippen LogP contribution in [0.2, 0.25) is 5.02 Å². The molecule has 1 heterocycles. The Morgan fingerprint density at radius 3 is 2.58 bits per heavy atom. The minimum Gasteiger partial charge on any atom is -0.497 e. The second-order valence-corrected chi connectivity index (χ2v) is 9.35. The van der Waals surface area contributed by atoms with Crippen molar-refractivity contribution in [2.45, 2.75) is 36.9 Å². The lowest BCUT2D eigenvalue weighted by atomic mass is 10.1. The first-order chi connectivity index (χ1) is 14.4. The van der Waals surface area contributed by atoms with E-state index >= 15 is 0 Å². The predicted octanol–water partition coefficient (Wildman–Crippen LogP) is 4.47. The molecule has 2 aromatic rings. The van der Waals surface area contributed by atoms with E-state index in [-0.39, 0.29) is 23.5 Å². The van der Waals surface area contributed by atoms with Crippen LogP contribution in [0.5, 0.6) is 5.75 Å². The minimum absolute atomic E-state index is 0.0115. The molecule has 0 bridgehead atoms. The molecule has 0 aromatic heterocycles. The monoisotopic (exact) mass is 476 g/mol. The van der Waals surface area contributed by atoms with Crippen LogP contribution in [0.15, 0.2) is 41.3 Å². The molecule has 2 aromatic carbocycles. The summed E-state index contributed by atoms with van der Waals surface area (Å²) in [6.07, 6.45) is -4.01. The van der Waals surface area contributed by atoms with Crippen molar-refractivity contribution in [3.05, 3.63) is 52.5 Å². The number of carbonyl (C=O) groups is 1. The maximum atomic E-state index is 13.2. The lowest BCUT2D eigenvalue weighted by molar-refractivity contribution is -0.137. The van der Waals surface area contributed by atoms with Crippen LogP contribution in [-0.2, 0) is 21.0 Å². The smallest absolute Gasteiger partial charge is 0.417 e. The summed E-state index contributed by atoms with van der Waals surface area (Å²) in [6, 6.07) is 6.54. The van der Waals surface area contributed by atoms with Crippen LogP contribution in [0.25, 0.3) is 0 Å². The first-order valence-corrected chi connectivity index (χ1v) is 11.1. The van der Waals surface area contributed by atoms with Gasteiger partial charge in [0.05, 0.1) is 22.6 Å². The van der Waals surface area contributed by atoms with Gasteiger partial charge < -0.3 is 10.1 Å². The minimum atomic E-state index is -4.69.